The molecule has 4 heteroatoms. The van der Waals surface area contributed by atoms with Crippen molar-refractivity contribution in [3.05, 3.63) is 64.7 Å². The minimum atomic E-state index is -0.381. The van der Waals surface area contributed by atoms with Crippen LogP contribution in [0.2, 0.25) is 0 Å². The van der Waals surface area contributed by atoms with Gasteiger partial charge in [0.05, 0.1) is 11.4 Å². The van der Waals surface area contributed by atoms with Crippen LogP contribution in [0.1, 0.15) is 34.0 Å². The van der Waals surface area contributed by atoms with E-state index in [2.05, 4.69) is 28.4 Å². The van der Waals surface area contributed by atoms with Crippen LogP contribution in [0.25, 0.3) is 22.5 Å². The quantitative estimate of drug-likeness (QED) is 0.609. The zero-order valence-electron chi connectivity index (χ0n) is 12.9. The third kappa shape index (κ3) is 2.06. The smallest absolute Gasteiger partial charge is 0.248 e. The van der Waals surface area contributed by atoms with Crippen molar-refractivity contribution < 1.29 is 4.79 Å². The van der Waals surface area contributed by atoms with Crippen LogP contribution in [0.4, 0.5) is 0 Å². The van der Waals surface area contributed by atoms with Gasteiger partial charge in [-0.2, -0.15) is 5.10 Å². The summed E-state index contributed by atoms with van der Waals surface area (Å²) in [5, 5.41) is 7.69. The fourth-order valence-corrected chi connectivity index (χ4v) is 3.38. The molecule has 0 radical (unpaired) electrons. The molecule has 0 aliphatic heterocycles. The minimum absolute atomic E-state index is 0.381. The zero-order chi connectivity index (χ0) is 16.0. The van der Waals surface area contributed by atoms with Crippen molar-refractivity contribution in [3.63, 3.8) is 0 Å². The molecule has 0 spiro atoms. The second-order valence-electron chi connectivity index (χ2n) is 5.85. The third-order valence-electron chi connectivity index (χ3n) is 4.55. The van der Waals surface area contributed by atoms with Crippen molar-refractivity contribution in [3.8, 4) is 22.5 Å². The highest BCUT2D eigenvalue weighted by Crippen LogP contribution is 2.40. The average molecular weight is 303 g/mol. The van der Waals surface area contributed by atoms with Gasteiger partial charge in [-0.15, -0.1) is 0 Å². The van der Waals surface area contributed by atoms with Crippen LogP contribution < -0.4 is 5.73 Å². The summed E-state index contributed by atoms with van der Waals surface area (Å²) >= 11 is 0. The number of aromatic nitrogens is 2. The lowest BCUT2D eigenvalue weighted by atomic mass is 9.98. The summed E-state index contributed by atoms with van der Waals surface area (Å²) in [6.45, 7) is 2.02. The molecule has 0 unspecified atom stereocenters. The zero-order valence-corrected chi connectivity index (χ0v) is 12.9. The summed E-state index contributed by atoms with van der Waals surface area (Å²) in [6, 6.07) is 14.1. The molecule has 1 aromatic heterocycles. The Labute approximate surface area is 134 Å². The van der Waals surface area contributed by atoms with Crippen LogP contribution in [-0.2, 0) is 12.8 Å². The van der Waals surface area contributed by atoms with Crippen LogP contribution in [0, 0.1) is 0 Å². The van der Waals surface area contributed by atoms with Gasteiger partial charge >= 0.3 is 0 Å². The average Bonchev–Trinajstić information content (AvgIpc) is 3.13. The summed E-state index contributed by atoms with van der Waals surface area (Å²) in [6.07, 6.45) is 1.65. The van der Waals surface area contributed by atoms with Crippen molar-refractivity contribution in [2.75, 3.05) is 0 Å². The number of aryl methyl sites for hydroxylation is 1. The van der Waals surface area contributed by atoms with E-state index in [9.17, 15) is 4.79 Å². The van der Waals surface area contributed by atoms with E-state index in [1.807, 2.05) is 25.1 Å². The van der Waals surface area contributed by atoms with E-state index < -0.39 is 0 Å². The molecule has 0 saturated heterocycles. The fraction of sp³-hybridized carbons (Fsp3) is 0.158. The molecule has 2 aromatic carbocycles. The number of fused-ring (bicyclic) bond motifs is 3. The number of carbonyl (C=O) groups excluding carboxylic acids is 1. The number of aromatic amines is 1. The molecule has 3 aromatic rings. The number of primary amides is 1. The first-order chi connectivity index (χ1) is 11.2. The summed E-state index contributed by atoms with van der Waals surface area (Å²) in [7, 11) is 0. The molecule has 1 amide bonds. The third-order valence-corrected chi connectivity index (χ3v) is 4.55. The first-order valence-corrected chi connectivity index (χ1v) is 7.77. The Morgan fingerprint density at radius 2 is 2.09 bits per heavy atom. The Morgan fingerprint density at radius 3 is 2.87 bits per heavy atom. The second-order valence-corrected chi connectivity index (χ2v) is 5.85. The highest BCUT2D eigenvalue weighted by molar-refractivity contribution is 5.95. The number of H-pyrrole nitrogens is 1. The minimum Gasteiger partial charge on any atom is -0.366 e. The number of nitrogens with two attached hydrogens (primary N) is 1. The first-order valence-electron chi connectivity index (χ1n) is 7.77. The molecule has 0 fully saturated rings. The topological polar surface area (TPSA) is 71.8 Å². The van der Waals surface area contributed by atoms with E-state index in [0.717, 1.165) is 35.4 Å². The maximum absolute atomic E-state index is 11.5. The summed E-state index contributed by atoms with van der Waals surface area (Å²) in [5.41, 5.74) is 13.9. The van der Waals surface area contributed by atoms with E-state index in [0.29, 0.717) is 5.56 Å². The Balaban J connectivity index is 1.82. The van der Waals surface area contributed by atoms with Gasteiger partial charge in [-0.05, 0) is 29.7 Å². The lowest BCUT2D eigenvalue weighted by Crippen LogP contribution is -2.13. The number of carbonyl (C=O) groups is 1. The Hall–Kier alpha value is -2.88. The lowest BCUT2D eigenvalue weighted by molar-refractivity contribution is 0.0999. The standard InChI is InChI=1S/C19H17N3O/c1-2-11-9-13(7-8-15(11)19(20)23)17-16-10-12-5-3-4-6-14(12)18(16)22-21-17/h3-9H,2,10H2,1H3,(H2,20,23)(H,21,22). The normalized spacial score (nSPS) is 12.0. The highest BCUT2D eigenvalue weighted by Gasteiger charge is 2.24. The molecule has 0 bridgehead atoms. The maximum Gasteiger partial charge on any atom is 0.248 e. The second kappa shape index (κ2) is 5.09. The van der Waals surface area contributed by atoms with Gasteiger partial charge in [0.15, 0.2) is 0 Å². The number of benzene rings is 2. The SMILES string of the molecule is CCc1cc(-c2n[nH]c3c2Cc2ccccc2-3)ccc1C(N)=O. The largest absolute Gasteiger partial charge is 0.366 e. The summed E-state index contributed by atoms with van der Waals surface area (Å²) in [4.78, 5) is 11.5. The van der Waals surface area contributed by atoms with Gasteiger partial charge in [0.1, 0.15) is 0 Å². The number of rotatable bonds is 3. The number of nitrogens with zero attached hydrogens (tertiary/aromatic N) is 1. The van der Waals surface area contributed by atoms with E-state index in [1.54, 1.807) is 6.07 Å². The van der Waals surface area contributed by atoms with Crippen LogP contribution in [0.15, 0.2) is 42.5 Å². The van der Waals surface area contributed by atoms with Gasteiger partial charge in [-0.3, -0.25) is 9.89 Å². The van der Waals surface area contributed by atoms with Gasteiger partial charge in [0.25, 0.3) is 0 Å². The molecular weight excluding hydrogens is 286 g/mol. The predicted molar refractivity (Wildman–Crippen MR) is 90.2 cm³/mol. The molecule has 4 nitrogen and oxygen atoms in total. The molecule has 1 aliphatic rings. The molecule has 0 saturated carbocycles. The first kappa shape index (κ1) is 13.8. The highest BCUT2D eigenvalue weighted by atomic mass is 16.1. The van der Waals surface area contributed by atoms with Crippen LogP contribution >= 0.6 is 0 Å². The molecule has 3 N–H and O–H groups in total. The van der Waals surface area contributed by atoms with Gasteiger partial charge in [-0.25, -0.2) is 0 Å². The van der Waals surface area contributed by atoms with Crippen LogP contribution in [0.3, 0.4) is 0 Å². The van der Waals surface area contributed by atoms with Crippen molar-refractivity contribution in [2.45, 2.75) is 19.8 Å². The molecule has 114 valence electrons. The van der Waals surface area contributed by atoms with Crippen molar-refractivity contribution in [1.82, 2.24) is 10.2 Å². The van der Waals surface area contributed by atoms with Crippen molar-refractivity contribution in [1.29, 1.82) is 0 Å². The molecule has 23 heavy (non-hydrogen) atoms. The van der Waals surface area contributed by atoms with Crippen molar-refractivity contribution in [2.24, 2.45) is 5.73 Å². The fourth-order valence-electron chi connectivity index (χ4n) is 3.38. The number of amides is 1. The Kier molecular flexibility index (Phi) is 3.05. The maximum atomic E-state index is 11.5. The monoisotopic (exact) mass is 303 g/mol. The molecule has 1 heterocycles. The van der Waals surface area contributed by atoms with Crippen LogP contribution in [-0.4, -0.2) is 16.1 Å². The predicted octanol–water partition coefficient (Wildman–Crippen LogP) is 3.31. The summed E-state index contributed by atoms with van der Waals surface area (Å²) in [5.74, 6) is -0.381. The van der Waals surface area contributed by atoms with E-state index >= 15 is 0 Å². The van der Waals surface area contributed by atoms with E-state index in [1.165, 1.54) is 16.7 Å². The summed E-state index contributed by atoms with van der Waals surface area (Å²) < 4.78 is 0. The molecule has 1 aliphatic carbocycles. The lowest BCUT2D eigenvalue weighted by Gasteiger charge is -2.07. The van der Waals surface area contributed by atoms with Gasteiger partial charge in [-0.1, -0.05) is 37.3 Å². The van der Waals surface area contributed by atoms with Gasteiger partial charge < -0.3 is 5.73 Å². The number of hydrogen-bond donors (Lipinski definition) is 2. The number of hydrogen-bond acceptors (Lipinski definition) is 2. The number of nitrogens with one attached hydrogen (secondary N) is 1. The molecule has 0 atom stereocenters. The van der Waals surface area contributed by atoms with E-state index in [4.69, 9.17) is 5.73 Å². The van der Waals surface area contributed by atoms with Crippen LogP contribution in [0.5, 0.6) is 0 Å². The van der Waals surface area contributed by atoms with Gasteiger partial charge in [0, 0.05) is 28.7 Å². The Bertz CT molecular complexity index is 924. The van der Waals surface area contributed by atoms with Crippen molar-refractivity contribution >= 4 is 5.91 Å². The molecular formula is C19H17N3O. The Morgan fingerprint density at radius 1 is 1.26 bits per heavy atom. The van der Waals surface area contributed by atoms with Gasteiger partial charge in [0.2, 0.25) is 5.91 Å². The molecule has 4 rings (SSSR count). The van der Waals surface area contributed by atoms with E-state index in [-0.39, 0.29) is 5.91 Å².